The van der Waals surface area contributed by atoms with Gasteiger partial charge in [0.1, 0.15) is 5.75 Å². The van der Waals surface area contributed by atoms with E-state index >= 15 is 0 Å². The molecule has 0 unspecified atom stereocenters. The number of aromatic nitrogens is 2. The summed E-state index contributed by atoms with van der Waals surface area (Å²) in [5.41, 5.74) is 1.28. The number of ether oxygens (including phenoxy) is 1. The Balaban J connectivity index is 1.76. The Labute approximate surface area is 150 Å². The van der Waals surface area contributed by atoms with Gasteiger partial charge in [0.05, 0.1) is 10.6 Å². The van der Waals surface area contributed by atoms with Crippen molar-refractivity contribution in [3.63, 3.8) is 0 Å². The van der Waals surface area contributed by atoms with Crippen molar-refractivity contribution in [3.8, 4) is 17.0 Å². The van der Waals surface area contributed by atoms with E-state index in [9.17, 15) is 21.6 Å². The zero-order valence-corrected chi connectivity index (χ0v) is 14.4. The highest BCUT2D eigenvalue weighted by Crippen LogP contribution is 2.27. The number of halogens is 3. The molecule has 0 aliphatic rings. The largest absolute Gasteiger partial charge is 0.573 e. The molecule has 0 atom stereocenters. The van der Waals surface area contributed by atoms with Crippen LogP contribution in [0.4, 0.5) is 18.3 Å². The number of hydrogen-bond acceptors (Lipinski definition) is 6. The summed E-state index contributed by atoms with van der Waals surface area (Å²) < 4.78 is 67.1. The molecule has 136 valence electrons. The molecule has 0 amide bonds. The quantitative estimate of drug-likeness (QED) is 0.701. The monoisotopic (exact) mass is 401 g/mol. The molecule has 3 rings (SSSR count). The molecule has 0 aliphatic carbocycles. The van der Waals surface area contributed by atoms with Gasteiger partial charge in [-0.2, -0.15) is 0 Å². The van der Waals surface area contributed by atoms with Gasteiger partial charge in [0, 0.05) is 23.3 Å². The van der Waals surface area contributed by atoms with E-state index in [0.29, 0.717) is 5.69 Å². The molecule has 6 nitrogen and oxygen atoms in total. The molecule has 0 spiro atoms. The van der Waals surface area contributed by atoms with Gasteiger partial charge in [-0.3, -0.25) is 9.71 Å². The molecule has 0 bridgehead atoms. The Morgan fingerprint density at radius 2 is 1.85 bits per heavy atom. The van der Waals surface area contributed by atoms with E-state index in [1.165, 1.54) is 0 Å². The molecular weight excluding hydrogens is 391 g/mol. The Hall–Kier alpha value is -2.66. The lowest BCUT2D eigenvalue weighted by Gasteiger charge is -2.09. The summed E-state index contributed by atoms with van der Waals surface area (Å²) in [6.45, 7) is 0. The van der Waals surface area contributed by atoms with Crippen LogP contribution in [-0.2, 0) is 10.0 Å². The Morgan fingerprint density at radius 1 is 1.12 bits per heavy atom. The number of hydrogen-bond donors (Lipinski definition) is 1. The number of benzene rings is 1. The first-order chi connectivity index (χ1) is 12.2. The van der Waals surface area contributed by atoms with E-state index in [0.717, 1.165) is 41.2 Å². The van der Waals surface area contributed by atoms with Gasteiger partial charge >= 0.3 is 6.36 Å². The number of thiazole rings is 1. The van der Waals surface area contributed by atoms with Gasteiger partial charge in [-0.25, -0.2) is 13.4 Å². The first-order valence-electron chi connectivity index (χ1n) is 6.97. The topological polar surface area (TPSA) is 81.2 Å². The summed E-state index contributed by atoms with van der Waals surface area (Å²) >= 11 is 1.07. The van der Waals surface area contributed by atoms with E-state index in [1.54, 1.807) is 29.9 Å². The van der Waals surface area contributed by atoms with Crippen molar-refractivity contribution in [1.29, 1.82) is 0 Å². The number of alkyl halides is 3. The number of anilines is 1. The molecule has 2 aromatic heterocycles. The Bertz CT molecular complexity index is 988. The predicted molar refractivity (Wildman–Crippen MR) is 89.3 cm³/mol. The average molecular weight is 401 g/mol. The first-order valence-corrected chi connectivity index (χ1v) is 9.34. The SMILES string of the molecule is O=S(=O)(Nc1nc(-c2cccnc2)cs1)c1ccc(OC(F)(F)F)cc1. The zero-order chi connectivity index (χ0) is 18.8. The highest BCUT2D eigenvalue weighted by atomic mass is 32.2. The molecule has 11 heteroatoms. The van der Waals surface area contributed by atoms with Crippen LogP contribution in [0.2, 0.25) is 0 Å². The molecule has 0 fully saturated rings. The van der Waals surface area contributed by atoms with Crippen LogP contribution in [0, 0.1) is 0 Å². The Morgan fingerprint density at radius 3 is 2.46 bits per heavy atom. The molecule has 0 saturated heterocycles. The standard InChI is InChI=1S/C15H10F3N3O3S2/c16-15(17,18)24-11-3-5-12(6-4-11)26(22,23)21-14-20-13(9-25-14)10-2-1-7-19-8-10/h1-9H,(H,20,21). The fourth-order valence-electron chi connectivity index (χ4n) is 1.96. The second kappa shape index (κ2) is 6.92. The minimum absolute atomic E-state index is 0.125. The highest BCUT2D eigenvalue weighted by Gasteiger charge is 2.31. The third-order valence-electron chi connectivity index (χ3n) is 3.05. The number of sulfonamides is 1. The van der Waals surface area contributed by atoms with E-state index in [-0.39, 0.29) is 10.0 Å². The first kappa shape index (κ1) is 18.1. The van der Waals surface area contributed by atoms with Gasteiger partial charge in [-0.1, -0.05) is 0 Å². The van der Waals surface area contributed by atoms with Gasteiger partial charge in [-0.05, 0) is 36.4 Å². The van der Waals surface area contributed by atoms with Gasteiger partial charge in [0.2, 0.25) is 0 Å². The van der Waals surface area contributed by atoms with Gasteiger partial charge in [0.15, 0.2) is 5.13 Å². The molecule has 2 heterocycles. The van der Waals surface area contributed by atoms with Crippen LogP contribution in [0.5, 0.6) is 5.75 Å². The van der Waals surface area contributed by atoms with Crippen molar-refractivity contribution >= 4 is 26.5 Å². The average Bonchev–Trinajstić information content (AvgIpc) is 3.02. The van der Waals surface area contributed by atoms with Crippen LogP contribution in [0.1, 0.15) is 0 Å². The van der Waals surface area contributed by atoms with Crippen molar-refractivity contribution in [3.05, 3.63) is 54.2 Å². The van der Waals surface area contributed by atoms with Gasteiger partial charge in [-0.15, -0.1) is 24.5 Å². The van der Waals surface area contributed by atoms with E-state index in [2.05, 4.69) is 19.4 Å². The number of rotatable bonds is 5. The maximum absolute atomic E-state index is 12.3. The number of nitrogens with one attached hydrogen (secondary N) is 1. The minimum Gasteiger partial charge on any atom is -0.406 e. The molecule has 3 aromatic rings. The third kappa shape index (κ3) is 4.49. The fraction of sp³-hybridized carbons (Fsp3) is 0.0667. The summed E-state index contributed by atoms with van der Waals surface area (Å²) in [7, 11) is -4.00. The van der Waals surface area contributed by atoms with Crippen LogP contribution in [0.15, 0.2) is 59.1 Å². The van der Waals surface area contributed by atoms with Crippen LogP contribution in [-0.4, -0.2) is 24.7 Å². The van der Waals surface area contributed by atoms with Crippen molar-refractivity contribution in [2.24, 2.45) is 0 Å². The number of pyridine rings is 1. The lowest BCUT2D eigenvalue weighted by Crippen LogP contribution is -2.17. The molecule has 1 aromatic carbocycles. The Kier molecular flexibility index (Phi) is 4.83. The lowest BCUT2D eigenvalue weighted by atomic mass is 10.2. The fourth-order valence-corrected chi connectivity index (χ4v) is 3.93. The van der Waals surface area contributed by atoms with Crippen LogP contribution in [0.3, 0.4) is 0 Å². The van der Waals surface area contributed by atoms with Crippen LogP contribution < -0.4 is 9.46 Å². The summed E-state index contributed by atoms with van der Waals surface area (Å²) in [4.78, 5) is 7.91. The minimum atomic E-state index is -4.85. The maximum Gasteiger partial charge on any atom is 0.573 e. The normalized spacial score (nSPS) is 12.0. The van der Waals surface area contributed by atoms with Crippen molar-refractivity contribution in [2.75, 3.05) is 4.72 Å². The highest BCUT2D eigenvalue weighted by molar-refractivity contribution is 7.93. The van der Waals surface area contributed by atoms with Crippen LogP contribution in [0.25, 0.3) is 11.3 Å². The van der Waals surface area contributed by atoms with E-state index in [4.69, 9.17) is 0 Å². The number of nitrogens with zero attached hydrogens (tertiary/aromatic N) is 2. The van der Waals surface area contributed by atoms with E-state index in [1.807, 2.05) is 0 Å². The summed E-state index contributed by atoms with van der Waals surface area (Å²) in [5, 5.41) is 1.79. The van der Waals surface area contributed by atoms with E-state index < -0.39 is 22.1 Å². The molecule has 0 aliphatic heterocycles. The van der Waals surface area contributed by atoms with Crippen molar-refractivity contribution in [2.45, 2.75) is 11.3 Å². The van der Waals surface area contributed by atoms with Crippen LogP contribution >= 0.6 is 11.3 Å². The van der Waals surface area contributed by atoms with Crippen molar-refractivity contribution in [1.82, 2.24) is 9.97 Å². The second-order valence-electron chi connectivity index (χ2n) is 4.90. The summed E-state index contributed by atoms with van der Waals surface area (Å²) in [6.07, 6.45) is -1.65. The maximum atomic E-state index is 12.3. The second-order valence-corrected chi connectivity index (χ2v) is 7.44. The zero-order valence-electron chi connectivity index (χ0n) is 12.8. The molecule has 0 saturated carbocycles. The summed E-state index contributed by atoms with van der Waals surface area (Å²) in [6, 6.07) is 7.37. The molecule has 1 N–H and O–H groups in total. The lowest BCUT2D eigenvalue weighted by molar-refractivity contribution is -0.274. The predicted octanol–water partition coefficient (Wildman–Crippen LogP) is 3.90. The molecule has 26 heavy (non-hydrogen) atoms. The van der Waals surface area contributed by atoms with Gasteiger partial charge < -0.3 is 4.74 Å². The van der Waals surface area contributed by atoms with Gasteiger partial charge in [0.25, 0.3) is 10.0 Å². The molecule has 0 radical (unpaired) electrons. The smallest absolute Gasteiger partial charge is 0.406 e. The summed E-state index contributed by atoms with van der Waals surface area (Å²) in [5.74, 6) is -0.510. The molecular formula is C15H10F3N3O3S2. The third-order valence-corrected chi connectivity index (χ3v) is 5.29. The van der Waals surface area contributed by atoms with Crippen molar-refractivity contribution < 1.29 is 26.3 Å².